The number of hydrogen-bond acceptors (Lipinski definition) is 8. The van der Waals surface area contributed by atoms with Gasteiger partial charge in [0.05, 0.1) is 49.5 Å². The van der Waals surface area contributed by atoms with Crippen LogP contribution in [-0.2, 0) is 47.7 Å². The number of piperidine rings is 1. The number of anilines is 1. The molecular weight excluding hydrogens is 657 g/mol. The zero-order valence-corrected chi connectivity index (χ0v) is 29.2. The summed E-state index contributed by atoms with van der Waals surface area (Å²) in [4.78, 5) is 32.7. The van der Waals surface area contributed by atoms with Gasteiger partial charge in [-0.05, 0) is 60.9 Å². The Morgan fingerprint density at radius 1 is 1.27 bits per heavy atom. The number of thioether (sulfide) groups is 1. The van der Waals surface area contributed by atoms with E-state index in [0.717, 1.165) is 30.0 Å². The third-order valence-electron chi connectivity index (χ3n) is 9.98. The molecule has 49 heavy (non-hydrogen) atoms. The van der Waals surface area contributed by atoms with E-state index in [4.69, 9.17) is 15.5 Å². The van der Waals surface area contributed by atoms with Crippen LogP contribution in [0.3, 0.4) is 0 Å². The number of nitrogens with one attached hydrogen (secondary N) is 1. The molecule has 2 amide bonds. The van der Waals surface area contributed by atoms with Gasteiger partial charge in [0.25, 0.3) is 5.91 Å². The first-order valence-corrected chi connectivity index (χ1v) is 17.7. The zero-order chi connectivity index (χ0) is 35.1. The van der Waals surface area contributed by atoms with Gasteiger partial charge >= 0.3 is 6.18 Å². The molecule has 15 heteroatoms. The number of hydrogen-bond donors (Lipinski definition) is 2. The molecule has 11 nitrogen and oxygen atoms in total. The monoisotopic (exact) mass is 701 g/mol. The molecular formula is C34H44F3N8O3S+. The quantitative estimate of drug-likeness (QED) is 0.225. The van der Waals surface area contributed by atoms with Gasteiger partial charge in [-0.15, -0.1) is 22.0 Å². The number of aromatic nitrogens is 4. The van der Waals surface area contributed by atoms with Crippen molar-refractivity contribution in [1.29, 1.82) is 0 Å². The topological polar surface area (TPSA) is 128 Å². The van der Waals surface area contributed by atoms with Gasteiger partial charge in [-0.2, -0.15) is 13.2 Å². The Bertz CT molecular complexity index is 1730. The van der Waals surface area contributed by atoms with Crippen molar-refractivity contribution in [2.75, 3.05) is 43.6 Å². The molecule has 0 spiro atoms. The van der Waals surface area contributed by atoms with E-state index in [1.54, 1.807) is 19.3 Å². The number of aryl methyl sites for hydroxylation is 1. The van der Waals surface area contributed by atoms with Crippen molar-refractivity contribution in [2.45, 2.75) is 75.8 Å². The van der Waals surface area contributed by atoms with Gasteiger partial charge < -0.3 is 24.8 Å². The smallest absolute Gasteiger partial charge is 0.379 e. The second-order valence-electron chi connectivity index (χ2n) is 14.0. The molecule has 2 fully saturated rings. The number of halogens is 3. The van der Waals surface area contributed by atoms with Crippen molar-refractivity contribution < 1.29 is 32.0 Å². The number of amides is 2. The molecule has 5 heterocycles. The van der Waals surface area contributed by atoms with Crippen LogP contribution in [0.25, 0.3) is 0 Å². The van der Waals surface area contributed by atoms with Crippen molar-refractivity contribution in [3.63, 3.8) is 0 Å². The molecule has 0 saturated carbocycles. The third-order valence-corrected chi connectivity index (χ3v) is 10.8. The van der Waals surface area contributed by atoms with Crippen LogP contribution in [0.4, 0.5) is 19.0 Å². The van der Waals surface area contributed by atoms with Crippen molar-refractivity contribution in [3.8, 4) is 0 Å². The molecule has 3 aromatic rings. The number of rotatable bonds is 11. The fourth-order valence-corrected chi connectivity index (χ4v) is 8.06. The molecule has 0 bridgehead atoms. The van der Waals surface area contributed by atoms with Crippen LogP contribution in [0.5, 0.6) is 0 Å². The molecule has 3 unspecified atom stereocenters. The van der Waals surface area contributed by atoms with E-state index in [1.807, 2.05) is 30.7 Å². The summed E-state index contributed by atoms with van der Waals surface area (Å²) in [6.45, 7) is 8.18. The van der Waals surface area contributed by atoms with Crippen LogP contribution in [0.15, 0.2) is 35.6 Å². The lowest BCUT2D eigenvalue weighted by atomic mass is 9.76. The Labute approximate surface area is 288 Å². The molecule has 3 aliphatic rings. The van der Waals surface area contributed by atoms with Gasteiger partial charge in [0.2, 0.25) is 5.91 Å². The number of nitrogens with zero attached hydrogens (tertiary/aromatic N) is 6. The zero-order valence-electron chi connectivity index (χ0n) is 28.3. The number of alkyl halides is 3. The van der Waals surface area contributed by atoms with E-state index in [1.165, 1.54) is 22.7 Å². The number of benzene rings is 1. The molecule has 2 aromatic heterocycles. The minimum atomic E-state index is -4.68. The summed E-state index contributed by atoms with van der Waals surface area (Å²) in [5.41, 5.74) is 5.80. The maximum Gasteiger partial charge on any atom is 0.416 e. The summed E-state index contributed by atoms with van der Waals surface area (Å²) in [5, 5.41) is 11.9. The Morgan fingerprint density at radius 3 is 2.65 bits per heavy atom. The molecule has 264 valence electrons. The highest BCUT2D eigenvalue weighted by atomic mass is 32.2. The van der Waals surface area contributed by atoms with Crippen molar-refractivity contribution in [2.24, 2.45) is 18.7 Å². The highest BCUT2D eigenvalue weighted by Gasteiger charge is 2.45. The maximum atomic E-state index is 14.8. The minimum Gasteiger partial charge on any atom is -0.379 e. The number of carbonyl (C=O) groups is 2. The summed E-state index contributed by atoms with van der Waals surface area (Å²) in [6.07, 6.45) is -0.618. The van der Waals surface area contributed by atoms with Crippen molar-refractivity contribution in [3.05, 3.63) is 64.2 Å². The van der Waals surface area contributed by atoms with Crippen LogP contribution in [0.2, 0.25) is 0 Å². The Balaban J connectivity index is 1.36. The second-order valence-corrected chi connectivity index (χ2v) is 15.3. The van der Waals surface area contributed by atoms with Gasteiger partial charge in [-0.1, -0.05) is 13.8 Å². The standard InChI is InChI=1S/C34H43F3N8O3S/c1-5-49-30-12-24(33(17-48-18-33)13-29-42-40-19-43(29)4)11-28(41-30)44-14-26-25(32(44)47)9-23(10-27(26)34(35,36)37)16-45(8-6-7-21(2)15-45)20-39-31(46)22(3)38/h9-12,19,21-22H,5-8,13-18,20,38H2,1-4H3/p+1. The summed E-state index contributed by atoms with van der Waals surface area (Å²) >= 11 is 1.50. The minimum absolute atomic E-state index is 0.0327. The van der Waals surface area contributed by atoms with E-state index in [2.05, 4.69) is 22.4 Å². The highest BCUT2D eigenvalue weighted by molar-refractivity contribution is 7.99. The summed E-state index contributed by atoms with van der Waals surface area (Å²) < 4.78 is 52.2. The number of nitrogens with two attached hydrogens (primary N) is 1. The Morgan fingerprint density at radius 2 is 2.04 bits per heavy atom. The lowest BCUT2D eigenvalue weighted by Gasteiger charge is -2.44. The molecule has 3 N–H and O–H groups in total. The van der Waals surface area contributed by atoms with Gasteiger partial charge in [-0.3, -0.25) is 14.5 Å². The summed E-state index contributed by atoms with van der Waals surface area (Å²) in [5.74, 6) is 1.30. The fraction of sp³-hybridized carbons (Fsp3) is 0.559. The van der Waals surface area contributed by atoms with Crippen LogP contribution in [-0.4, -0.2) is 80.8 Å². The average Bonchev–Trinajstić information content (AvgIpc) is 3.58. The summed E-state index contributed by atoms with van der Waals surface area (Å²) in [7, 11) is 1.87. The van der Waals surface area contributed by atoms with Gasteiger partial charge in [0, 0.05) is 35.9 Å². The normalized spacial score (nSPS) is 22.5. The lowest BCUT2D eigenvalue weighted by Crippen LogP contribution is -2.59. The SMILES string of the molecule is CCSc1cc(C2(Cc3nncn3C)COC2)cc(N2Cc3c(cc(C[N+]4(CNC(=O)C(C)N)CCCC(C)C4)cc3C(F)(F)F)C2=O)n1. The van der Waals surface area contributed by atoms with Gasteiger partial charge in [-0.25, -0.2) is 4.98 Å². The summed E-state index contributed by atoms with van der Waals surface area (Å²) in [6, 6.07) is 5.89. The first kappa shape index (κ1) is 35.3. The van der Waals surface area contributed by atoms with E-state index < -0.39 is 29.1 Å². The molecule has 3 aliphatic heterocycles. The van der Waals surface area contributed by atoms with Crippen LogP contribution < -0.4 is 16.0 Å². The predicted octanol–water partition coefficient (Wildman–Crippen LogP) is 4.18. The average molecular weight is 702 g/mol. The first-order chi connectivity index (χ1) is 23.2. The molecule has 1 aromatic carbocycles. The van der Waals surface area contributed by atoms with E-state index in [9.17, 15) is 22.8 Å². The molecule has 0 aliphatic carbocycles. The van der Waals surface area contributed by atoms with E-state index in [0.29, 0.717) is 59.5 Å². The van der Waals surface area contributed by atoms with E-state index in [-0.39, 0.29) is 36.8 Å². The second kappa shape index (κ2) is 13.6. The number of ether oxygens (including phenoxy) is 1. The molecule has 2 saturated heterocycles. The number of pyridine rings is 1. The number of carbonyl (C=O) groups excluding carboxylic acids is 2. The largest absolute Gasteiger partial charge is 0.416 e. The van der Waals surface area contributed by atoms with E-state index >= 15 is 0 Å². The lowest BCUT2D eigenvalue weighted by molar-refractivity contribution is -0.949. The van der Waals surface area contributed by atoms with Crippen LogP contribution >= 0.6 is 11.8 Å². The third kappa shape index (κ3) is 7.21. The number of likely N-dealkylation sites (tertiary alicyclic amines) is 1. The van der Waals surface area contributed by atoms with Crippen LogP contribution in [0, 0.1) is 5.92 Å². The van der Waals surface area contributed by atoms with Crippen molar-refractivity contribution in [1.82, 2.24) is 25.1 Å². The predicted molar refractivity (Wildman–Crippen MR) is 179 cm³/mol. The molecule has 3 atom stereocenters. The van der Waals surface area contributed by atoms with Gasteiger partial charge in [0.15, 0.2) is 6.67 Å². The number of fused-ring (bicyclic) bond motifs is 1. The highest BCUT2D eigenvalue weighted by Crippen LogP contribution is 2.43. The Hall–Kier alpha value is -3.53. The molecule has 6 rings (SSSR count). The Kier molecular flexibility index (Phi) is 9.83. The number of quaternary nitrogens is 1. The molecule has 0 radical (unpaired) electrons. The fourth-order valence-electron chi connectivity index (χ4n) is 7.40. The first-order valence-electron chi connectivity index (χ1n) is 16.7. The van der Waals surface area contributed by atoms with Gasteiger partial charge in [0.1, 0.15) is 24.5 Å². The maximum absolute atomic E-state index is 14.8. The van der Waals surface area contributed by atoms with Crippen molar-refractivity contribution >= 4 is 29.4 Å². The van der Waals surface area contributed by atoms with Crippen LogP contribution in [0.1, 0.15) is 72.0 Å².